The lowest BCUT2D eigenvalue weighted by molar-refractivity contribution is -0.563. The number of nitrogens with one attached hydrogen (secondary N) is 1. The molecule has 2 aromatic carbocycles. The minimum absolute atomic E-state index is 0.250. The van der Waals surface area contributed by atoms with Gasteiger partial charge in [0, 0.05) is 6.07 Å². The zero-order valence-electron chi connectivity index (χ0n) is 11.9. The van der Waals surface area contributed by atoms with Crippen molar-refractivity contribution >= 4 is 21.6 Å². The predicted molar refractivity (Wildman–Crippen MR) is 87.7 cm³/mol. The van der Waals surface area contributed by atoms with Crippen LogP contribution in [0.3, 0.4) is 0 Å². The molecule has 0 aliphatic rings. The lowest BCUT2D eigenvalue weighted by Gasteiger charge is -2.01. The van der Waals surface area contributed by atoms with Gasteiger partial charge in [0.15, 0.2) is 11.5 Å². The second kappa shape index (κ2) is 5.90. The molecule has 0 spiro atoms. The lowest BCUT2D eigenvalue weighted by atomic mass is 10.2. The largest absolute Gasteiger partial charge is 0.307 e. The molecule has 6 heteroatoms. The van der Waals surface area contributed by atoms with Crippen molar-refractivity contribution in [3.8, 4) is 10.4 Å². The number of benzene rings is 2. The van der Waals surface area contributed by atoms with Gasteiger partial charge in [0.2, 0.25) is 6.20 Å². The van der Waals surface area contributed by atoms with Crippen LogP contribution in [0.4, 0.5) is 0 Å². The molecule has 1 N–H and O–H groups in total. The Bertz CT molecular complexity index is 870. The van der Waals surface area contributed by atoms with E-state index in [1.807, 2.05) is 43.3 Å². The van der Waals surface area contributed by atoms with Crippen LogP contribution in [0.15, 0.2) is 71.8 Å². The Morgan fingerprint density at radius 3 is 2.32 bits per heavy atom. The van der Waals surface area contributed by atoms with Crippen LogP contribution >= 0.6 is 11.5 Å². The van der Waals surface area contributed by atoms with Gasteiger partial charge in [-0.15, -0.1) is 0 Å². The van der Waals surface area contributed by atoms with Crippen LogP contribution in [-0.4, -0.2) is 8.42 Å². The summed E-state index contributed by atoms with van der Waals surface area (Å²) in [5.41, 5.74) is 2.08. The van der Waals surface area contributed by atoms with Crippen LogP contribution in [0, 0.1) is 6.92 Å². The maximum absolute atomic E-state index is 12.3. The van der Waals surface area contributed by atoms with E-state index in [0.29, 0.717) is 0 Å². The summed E-state index contributed by atoms with van der Waals surface area (Å²) in [5, 5.41) is 0. The first-order chi connectivity index (χ1) is 10.5. The Kier molecular flexibility index (Phi) is 3.96. The van der Waals surface area contributed by atoms with Gasteiger partial charge in [0.1, 0.15) is 4.88 Å². The number of aromatic nitrogens is 1. The molecule has 1 aromatic heterocycles. The van der Waals surface area contributed by atoms with E-state index in [1.54, 1.807) is 30.5 Å². The fraction of sp³-hybridized carbons (Fsp3) is 0.0625. The van der Waals surface area contributed by atoms with Crippen LogP contribution in [0.25, 0.3) is 10.4 Å². The van der Waals surface area contributed by atoms with Crippen molar-refractivity contribution in [3.63, 3.8) is 0 Å². The van der Waals surface area contributed by atoms with E-state index in [2.05, 4.69) is 4.83 Å². The highest BCUT2D eigenvalue weighted by Gasteiger charge is 2.20. The van der Waals surface area contributed by atoms with Crippen molar-refractivity contribution in [3.05, 3.63) is 72.4 Å². The molecule has 1 heterocycles. The number of hydrogen-bond donors (Lipinski definition) is 1. The number of rotatable bonds is 4. The van der Waals surface area contributed by atoms with E-state index in [1.165, 1.54) is 15.6 Å². The molecule has 0 amide bonds. The van der Waals surface area contributed by atoms with E-state index in [9.17, 15) is 8.42 Å². The third-order valence-electron chi connectivity index (χ3n) is 3.16. The molecule has 0 aliphatic carbocycles. The van der Waals surface area contributed by atoms with Crippen molar-refractivity contribution in [2.75, 3.05) is 4.83 Å². The van der Waals surface area contributed by atoms with Gasteiger partial charge in [-0.1, -0.05) is 52.9 Å². The van der Waals surface area contributed by atoms with E-state index < -0.39 is 10.0 Å². The van der Waals surface area contributed by atoms with Gasteiger partial charge in [0.25, 0.3) is 0 Å². The minimum atomic E-state index is -3.58. The van der Waals surface area contributed by atoms with Crippen molar-refractivity contribution < 1.29 is 12.5 Å². The van der Waals surface area contributed by atoms with Crippen molar-refractivity contribution in [2.24, 2.45) is 0 Å². The Labute approximate surface area is 133 Å². The first-order valence-electron chi connectivity index (χ1n) is 6.71. The van der Waals surface area contributed by atoms with Crippen LogP contribution in [0.5, 0.6) is 0 Å². The Morgan fingerprint density at radius 1 is 0.955 bits per heavy atom. The molecule has 0 unspecified atom stereocenters. The summed E-state index contributed by atoms with van der Waals surface area (Å²) in [6, 6.07) is 18.5. The van der Waals surface area contributed by atoms with Gasteiger partial charge in [0.05, 0.1) is 4.90 Å². The minimum Gasteiger partial charge on any atom is -0.197 e. The van der Waals surface area contributed by atoms with Gasteiger partial charge in [-0.05, 0) is 28.7 Å². The van der Waals surface area contributed by atoms with Gasteiger partial charge in [-0.2, -0.15) is 8.42 Å². The van der Waals surface area contributed by atoms with Gasteiger partial charge in [-0.25, -0.2) is 0 Å². The Morgan fingerprint density at radius 2 is 1.64 bits per heavy atom. The SMILES string of the molecule is Cc1ccc(S(=O)(=O)N[n+]2ccc(-c3ccccc3)s2)cc1. The number of sulfonamides is 1. The fourth-order valence-electron chi connectivity index (χ4n) is 1.99. The zero-order valence-corrected chi connectivity index (χ0v) is 13.6. The molecule has 0 radical (unpaired) electrons. The zero-order chi connectivity index (χ0) is 15.6. The molecule has 0 saturated heterocycles. The van der Waals surface area contributed by atoms with Crippen molar-refractivity contribution in [1.29, 1.82) is 0 Å². The molecular formula is C16H15N2O2S2+. The van der Waals surface area contributed by atoms with Gasteiger partial charge < -0.3 is 0 Å². The summed E-state index contributed by atoms with van der Waals surface area (Å²) in [6.45, 7) is 1.92. The Balaban J connectivity index is 1.84. The van der Waals surface area contributed by atoms with E-state index in [4.69, 9.17) is 0 Å². The highest BCUT2D eigenvalue weighted by molar-refractivity contribution is 7.92. The first-order valence-corrected chi connectivity index (χ1v) is 8.97. The third-order valence-corrected chi connectivity index (χ3v) is 5.58. The van der Waals surface area contributed by atoms with Crippen LogP contribution in [0.1, 0.15) is 5.56 Å². The molecule has 0 saturated carbocycles. The maximum atomic E-state index is 12.3. The smallest absolute Gasteiger partial charge is 0.197 e. The summed E-state index contributed by atoms with van der Waals surface area (Å²) in [4.78, 5) is 3.79. The lowest BCUT2D eigenvalue weighted by Crippen LogP contribution is -2.44. The fourth-order valence-corrected chi connectivity index (χ4v) is 4.03. The maximum Gasteiger partial charge on any atom is 0.307 e. The molecule has 0 fully saturated rings. The quantitative estimate of drug-likeness (QED) is 0.747. The van der Waals surface area contributed by atoms with E-state index >= 15 is 0 Å². The molecule has 0 atom stereocenters. The third kappa shape index (κ3) is 3.18. The summed E-state index contributed by atoms with van der Waals surface area (Å²) >= 11 is 1.34. The molecule has 0 aliphatic heterocycles. The number of hydrogen-bond acceptors (Lipinski definition) is 3. The van der Waals surface area contributed by atoms with E-state index in [0.717, 1.165) is 16.0 Å². The molecule has 3 rings (SSSR count). The van der Waals surface area contributed by atoms with Gasteiger partial charge in [-0.3, -0.25) is 0 Å². The second-order valence-electron chi connectivity index (χ2n) is 4.87. The monoisotopic (exact) mass is 331 g/mol. The Hall–Kier alpha value is -2.18. The summed E-state index contributed by atoms with van der Waals surface area (Å²) in [6.07, 6.45) is 1.71. The first kappa shape index (κ1) is 14.7. The van der Waals surface area contributed by atoms with Crippen molar-refractivity contribution in [2.45, 2.75) is 11.8 Å². The van der Waals surface area contributed by atoms with Crippen molar-refractivity contribution in [1.82, 2.24) is 0 Å². The second-order valence-corrected chi connectivity index (χ2v) is 7.55. The molecule has 4 nitrogen and oxygen atoms in total. The summed E-state index contributed by atoms with van der Waals surface area (Å²) in [5.74, 6) is 0. The topological polar surface area (TPSA) is 50.1 Å². The molecule has 22 heavy (non-hydrogen) atoms. The standard InChI is InChI=1S/C16H15N2O2S2/c1-13-7-9-15(10-8-13)22(19,20)17-18-12-11-16(21-18)14-5-3-2-4-6-14/h2-12,17H,1H3/q+1. The van der Waals surface area contributed by atoms with E-state index in [-0.39, 0.29) is 4.90 Å². The highest BCUT2D eigenvalue weighted by Crippen LogP contribution is 2.21. The summed E-state index contributed by atoms with van der Waals surface area (Å²) in [7, 11) is -3.58. The molecule has 112 valence electrons. The average Bonchev–Trinajstić information content (AvgIpc) is 2.96. The van der Waals surface area contributed by atoms with Crippen LogP contribution in [0.2, 0.25) is 0 Å². The highest BCUT2D eigenvalue weighted by atomic mass is 32.2. The van der Waals surface area contributed by atoms with Crippen LogP contribution < -0.4 is 8.90 Å². The number of aryl methyl sites for hydroxylation is 1. The predicted octanol–water partition coefficient (Wildman–Crippen LogP) is 2.94. The normalized spacial score (nSPS) is 11.3. The number of nitrogens with zero attached hydrogens (tertiary/aromatic N) is 1. The average molecular weight is 331 g/mol. The molecule has 0 bridgehead atoms. The molecule has 3 aromatic rings. The van der Waals surface area contributed by atoms with Gasteiger partial charge >= 0.3 is 10.0 Å². The summed E-state index contributed by atoms with van der Waals surface area (Å²) < 4.78 is 26.2. The molecular weight excluding hydrogens is 316 g/mol. The van der Waals surface area contributed by atoms with Crippen LogP contribution in [-0.2, 0) is 10.0 Å².